The summed E-state index contributed by atoms with van der Waals surface area (Å²) in [4.78, 5) is 9.38. The Morgan fingerprint density at radius 2 is 1.61 bits per heavy atom. The Hall–Kier alpha value is -2.99. The zero-order chi connectivity index (χ0) is 19.2. The van der Waals surface area contributed by atoms with Gasteiger partial charge in [0.1, 0.15) is 0 Å². The highest BCUT2D eigenvalue weighted by Crippen LogP contribution is 2.19. The number of anilines is 2. The van der Waals surface area contributed by atoms with Crippen LogP contribution in [0, 0.1) is 0 Å². The van der Waals surface area contributed by atoms with Crippen molar-refractivity contribution in [3.63, 3.8) is 0 Å². The monoisotopic (exact) mass is 374 g/mol. The summed E-state index contributed by atoms with van der Waals surface area (Å²) in [5.41, 5.74) is 2.58. The third-order valence-corrected chi connectivity index (χ3v) is 5.12. The summed E-state index contributed by atoms with van der Waals surface area (Å²) in [6.45, 7) is 6.93. The van der Waals surface area contributed by atoms with Crippen molar-refractivity contribution in [3.05, 3.63) is 78.0 Å². The van der Waals surface area contributed by atoms with Gasteiger partial charge in [0.15, 0.2) is 5.82 Å². The van der Waals surface area contributed by atoms with Crippen molar-refractivity contribution >= 4 is 11.8 Å². The van der Waals surface area contributed by atoms with Crippen molar-refractivity contribution in [1.82, 2.24) is 20.1 Å². The summed E-state index contributed by atoms with van der Waals surface area (Å²) in [7, 11) is 0. The summed E-state index contributed by atoms with van der Waals surface area (Å²) < 4.78 is 0. The molecule has 2 aromatic carbocycles. The Morgan fingerprint density at radius 3 is 2.32 bits per heavy atom. The van der Waals surface area contributed by atoms with Crippen LogP contribution in [0.5, 0.6) is 0 Å². The van der Waals surface area contributed by atoms with Crippen molar-refractivity contribution in [2.45, 2.75) is 19.5 Å². The first-order valence-corrected chi connectivity index (χ1v) is 9.80. The molecule has 6 nitrogen and oxygen atoms in total. The summed E-state index contributed by atoms with van der Waals surface area (Å²) >= 11 is 0. The number of piperazine rings is 1. The first kappa shape index (κ1) is 18.4. The third-order valence-electron chi connectivity index (χ3n) is 5.12. The zero-order valence-electron chi connectivity index (χ0n) is 16.2. The minimum atomic E-state index is 0.161. The minimum absolute atomic E-state index is 0.161. The Bertz CT molecular complexity index is 862. The van der Waals surface area contributed by atoms with Crippen LogP contribution in [0.1, 0.15) is 24.1 Å². The topological polar surface area (TPSA) is 57.2 Å². The molecule has 1 unspecified atom stereocenters. The number of nitrogens with one attached hydrogen (secondary N) is 1. The van der Waals surface area contributed by atoms with Crippen LogP contribution in [-0.2, 0) is 6.54 Å². The second-order valence-electron chi connectivity index (χ2n) is 7.17. The fourth-order valence-electron chi connectivity index (χ4n) is 3.49. The summed E-state index contributed by atoms with van der Waals surface area (Å²) in [6, 6.07) is 21.1. The number of aromatic nitrogens is 3. The van der Waals surface area contributed by atoms with Crippen LogP contribution in [0.15, 0.2) is 66.9 Å². The lowest BCUT2D eigenvalue weighted by molar-refractivity contribution is 0.248. The van der Waals surface area contributed by atoms with Crippen LogP contribution in [0.25, 0.3) is 0 Å². The number of benzene rings is 2. The van der Waals surface area contributed by atoms with Crippen molar-refractivity contribution in [1.29, 1.82) is 0 Å². The van der Waals surface area contributed by atoms with E-state index in [4.69, 9.17) is 4.98 Å². The van der Waals surface area contributed by atoms with Crippen LogP contribution in [0.2, 0.25) is 0 Å². The van der Waals surface area contributed by atoms with E-state index in [2.05, 4.69) is 74.7 Å². The maximum atomic E-state index is 4.69. The van der Waals surface area contributed by atoms with Crippen molar-refractivity contribution in [2.75, 3.05) is 36.4 Å². The molecule has 4 rings (SSSR count). The van der Waals surface area contributed by atoms with Gasteiger partial charge in [-0.2, -0.15) is 10.1 Å². The molecule has 1 atom stereocenters. The van der Waals surface area contributed by atoms with Gasteiger partial charge in [-0.15, -0.1) is 5.10 Å². The van der Waals surface area contributed by atoms with Crippen molar-refractivity contribution in [3.8, 4) is 0 Å². The highest BCUT2D eigenvalue weighted by Gasteiger charge is 2.20. The summed E-state index contributed by atoms with van der Waals surface area (Å²) in [5.74, 6) is 1.46. The molecule has 0 saturated carbocycles. The molecule has 0 amide bonds. The van der Waals surface area contributed by atoms with Crippen LogP contribution >= 0.6 is 0 Å². The Labute approximate surface area is 166 Å². The van der Waals surface area contributed by atoms with Gasteiger partial charge in [-0.3, -0.25) is 4.90 Å². The SMILES string of the molecule is CC(Nc1cnnc(N2CCN(Cc3ccccc3)CC2)n1)c1ccccc1. The largest absolute Gasteiger partial charge is 0.362 e. The molecule has 0 aliphatic carbocycles. The Morgan fingerprint density at radius 1 is 0.929 bits per heavy atom. The molecular weight excluding hydrogens is 348 g/mol. The van der Waals surface area contributed by atoms with E-state index in [9.17, 15) is 0 Å². The summed E-state index contributed by atoms with van der Waals surface area (Å²) in [6.07, 6.45) is 1.69. The van der Waals surface area contributed by atoms with E-state index in [-0.39, 0.29) is 6.04 Å². The van der Waals surface area contributed by atoms with Gasteiger partial charge >= 0.3 is 0 Å². The maximum Gasteiger partial charge on any atom is 0.247 e. The van der Waals surface area contributed by atoms with Crippen LogP contribution < -0.4 is 10.2 Å². The molecule has 1 aliphatic rings. The van der Waals surface area contributed by atoms with Crippen LogP contribution in [-0.4, -0.2) is 46.3 Å². The van der Waals surface area contributed by atoms with Gasteiger partial charge in [0.05, 0.1) is 6.20 Å². The van der Waals surface area contributed by atoms with Gasteiger partial charge in [-0.25, -0.2) is 0 Å². The molecule has 6 heteroatoms. The highest BCUT2D eigenvalue weighted by molar-refractivity contribution is 5.41. The number of nitrogens with zero attached hydrogens (tertiary/aromatic N) is 5. The quantitative estimate of drug-likeness (QED) is 0.714. The van der Waals surface area contributed by atoms with Crippen LogP contribution in [0.4, 0.5) is 11.8 Å². The Kier molecular flexibility index (Phi) is 5.77. The van der Waals surface area contributed by atoms with Gasteiger partial charge in [-0.1, -0.05) is 60.7 Å². The average molecular weight is 374 g/mol. The number of hydrogen-bond acceptors (Lipinski definition) is 6. The number of rotatable bonds is 6. The van der Waals surface area contributed by atoms with Gasteiger partial charge in [-0.05, 0) is 18.1 Å². The van der Waals surface area contributed by atoms with Crippen molar-refractivity contribution in [2.24, 2.45) is 0 Å². The number of hydrogen-bond donors (Lipinski definition) is 1. The molecular formula is C22H26N6. The van der Waals surface area contributed by atoms with E-state index in [1.54, 1.807) is 6.20 Å². The van der Waals surface area contributed by atoms with Gasteiger partial charge in [0, 0.05) is 38.8 Å². The lowest BCUT2D eigenvalue weighted by Gasteiger charge is -2.34. The Balaban J connectivity index is 1.35. The van der Waals surface area contributed by atoms with Gasteiger partial charge in [0.2, 0.25) is 5.95 Å². The van der Waals surface area contributed by atoms with Crippen molar-refractivity contribution < 1.29 is 0 Å². The van der Waals surface area contributed by atoms with Gasteiger partial charge < -0.3 is 10.2 Å². The van der Waals surface area contributed by atoms with E-state index < -0.39 is 0 Å². The molecule has 1 aliphatic heterocycles. The molecule has 1 N–H and O–H groups in total. The second kappa shape index (κ2) is 8.80. The lowest BCUT2D eigenvalue weighted by atomic mass is 10.1. The lowest BCUT2D eigenvalue weighted by Crippen LogP contribution is -2.46. The predicted molar refractivity (Wildman–Crippen MR) is 112 cm³/mol. The third kappa shape index (κ3) is 4.64. The molecule has 144 valence electrons. The van der Waals surface area contributed by atoms with E-state index in [0.717, 1.165) is 38.5 Å². The molecule has 2 heterocycles. The van der Waals surface area contributed by atoms with E-state index in [1.165, 1.54) is 11.1 Å². The second-order valence-corrected chi connectivity index (χ2v) is 7.17. The molecule has 28 heavy (non-hydrogen) atoms. The van der Waals surface area contributed by atoms with E-state index >= 15 is 0 Å². The standard InChI is InChI=1S/C22H26N6/c1-18(20-10-6-3-7-11-20)24-21-16-23-26-22(25-21)28-14-12-27(13-15-28)17-19-8-4-2-5-9-19/h2-11,16,18H,12-15,17H2,1H3,(H,24,25,26). The predicted octanol–water partition coefficient (Wildman–Crippen LogP) is 3.37. The fourth-order valence-corrected chi connectivity index (χ4v) is 3.49. The average Bonchev–Trinajstić information content (AvgIpc) is 2.76. The van der Waals surface area contributed by atoms with E-state index in [1.807, 2.05) is 18.2 Å². The normalized spacial score (nSPS) is 16.0. The zero-order valence-corrected chi connectivity index (χ0v) is 16.2. The highest BCUT2D eigenvalue weighted by atomic mass is 15.4. The molecule has 0 bridgehead atoms. The molecule has 1 saturated heterocycles. The smallest absolute Gasteiger partial charge is 0.247 e. The fraction of sp³-hybridized carbons (Fsp3) is 0.318. The molecule has 1 fully saturated rings. The first-order valence-electron chi connectivity index (χ1n) is 9.80. The molecule has 0 radical (unpaired) electrons. The van der Waals surface area contributed by atoms with Gasteiger partial charge in [0.25, 0.3) is 0 Å². The van der Waals surface area contributed by atoms with Crippen LogP contribution in [0.3, 0.4) is 0 Å². The van der Waals surface area contributed by atoms with E-state index in [0.29, 0.717) is 5.95 Å². The maximum absolute atomic E-state index is 4.69. The molecule has 0 spiro atoms. The first-order chi connectivity index (χ1) is 13.8. The molecule has 1 aromatic heterocycles. The molecule has 3 aromatic rings. The summed E-state index contributed by atoms with van der Waals surface area (Å²) in [5, 5.41) is 11.8. The minimum Gasteiger partial charge on any atom is -0.362 e.